The molecule has 2 aromatic heterocycles. The minimum absolute atomic E-state index is 0.0123. The molecule has 5 nitrogen and oxygen atoms in total. The van der Waals surface area contributed by atoms with Crippen molar-refractivity contribution < 1.29 is 9.90 Å². The van der Waals surface area contributed by atoms with Gasteiger partial charge in [-0.25, -0.2) is 14.5 Å². The van der Waals surface area contributed by atoms with Gasteiger partial charge in [0.2, 0.25) is 0 Å². The van der Waals surface area contributed by atoms with Gasteiger partial charge in [0, 0.05) is 12.4 Å². The Morgan fingerprint density at radius 2 is 2.06 bits per heavy atom. The highest BCUT2D eigenvalue weighted by atomic mass is 16.4. The van der Waals surface area contributed by atoms with Gasteiger partial charge in [-0.05, 0) is 30.7 Å². The van der Waals surface area contributed by atoms with E-state index in [-0.39, 0.29) is 5.69 Å². The van der Waals surface area contributed by atoms with Crippen LogP contribution >= 0.6 is 0 Å². The van der Waals surface area contributed by atoms with Crippen molar-refractivity contribution in [2.45, 2.75) is 20.8 Å². The Morgan fingerprint density at radius 3 is 2.59 bits per heavy atom. The zero-order valence-corrected chi connectivity index (χ0v) is 10.1. The Morgan fingerprint density at radius 1 is 1.35 bits per heavy atom. The number of aromatic nitrogens is 3. The summed E-state index contributed by atoms with van der Waals surface area (Å²) in [5.74, 6) is -0.427. The quantitative estimate of drug-likeness (QED) is 0.864. The van der Waals surface area contributed by atoms with Gasteiger partial charge in [-0.1, -0.05) is 13.8 Å². The third kappa shape index (κ3) is 3.14. The zero-order valence-electron chi connectivity index (χ0n) is 10.1. The maximum absolute atomic E-state index is 10.6. The first-order chi connectivity index (χ1) is 8.16. The summed E-state index contributed by atoms with van der Waals surface area (Å²) in [5.41, 5.74) is 1.06. The Labute approximate surface area is 99.7 Å². The highest BCUT2D eigenvalue weighted by molar-refractivity contribution is 5.85. The molecule has 0 aliphatic rings. The summed E-state index contributed by atoms with van der Waals surface area (Å²) in [6.45, 7) is 5.94. The van der Waals surface area contributed by atoms with Gasteiger partial charge in [-0.15, -0.1) is 0 Å². The van der Waals surface area contributed by atoms with Crippen molar-refractivity contribution in [1.82, 2.24) is 14.8 Å². The fourth-order valence-electron chi connectivity index (χ4n) is 1.21. The third-order valence-electron chi connectivity index (χ3n) is 1.94. The van der Waals surface area contributed by atoms with E-state index in [0.717, 1.165) is 5.56 Å². The van der Waals surface area contributed by atoms with Crippen LogP contribution in [0, 0.1) is 6.92 Å². The predicted octanol–water partition coefficient (Wildman–Crippen LogP) is 2.30. The molecular formula is C12H15N3O2. The van der Waals surface area contributed by atoms with E-state index < -0.39 is 5.97 Å². The summed E-state index contributed by atoms with van der Waals surface area (Å²) in [6, 6.07) is 5.14. The van der Waals surface area contributed by atoms with Gasteiger partial charge in [0.1, 0.15) is 0 Å². The average molecular weight is 233 g/mol. The number of carboxylic acids is 1. The molecule has 2 aromatic rings. The van der Waals surface area contributed by atoms with E-state index in [2.05, 4.69) is 10.1 Å². The van der Waals surface area contributed by atoms with E-state index in [1.165, 1.54) is 10.7 Å². The topological polar surface area (TPSA) is 68.0 Å². The minimum Gasteiger partial charge on any atom is -0.476 e. The lowest BCUT2D eigenvalue weighted by Crippen LogP contribution is -2.02. The molecule has 2 heterocycles. The lowest BCUT2D eigenvalue weighted by atomic mass is 10.3. The summed E-state index contributed by atoms with van der Waals surface area (Å²) in [6.07, 6.45) is 3.23. The fourth-order valence-corrected chi connectivity index (χ4v) is 1.21. The third-order valence-corrected chi connectivity index (χ3v) is 1.94. The van der Waals surface area contributed by atoms with Gasteiger partial charge in [-0.2, -0.15) is 5.10 Å². The summed E-state index contributed by atoms with van der Waals surface area (Å²) < 4.78 is 1.44. The molecule has 0 atom stereocenters. The SMILES string of the molecule is CC.Cc1ccnc(-n2ccc(C(=O)O)n2)c1. The van der Waals surface area contributed by atoms with Gasteiger partial charge in [0.05, 0.1) is 0 Å². The molecule has 0 unspecified atom stereocenters. The molecule has 2 rings (SSSR count). The van der Waals surface area contributed by atoms with E-state index in [1.54, 1.807) is 12.4 Å². The van der Waals surface area contributed by atoms with E-state index in [4.69, 9.17) is 5.11 Å². The smallest absolute Gasteiger partial charge is 0.356 e. The summed E-state index contributed by atoms with van der Waals surface area (Å²) in [5, 5.41) is 12.6. The number of hydrogen-bond acceptors (Lipinski definition) is 3. The van der Waals surface area contributed by atoms with E-state index >= 15 is 0 Å². The molecule has 0 saturated carbocycles. The average Bonchev–Trinajstić information content (AvgIpc) is 2.81. The maximum Gasteiger partial charge on any atom is 0.356 e. The molecule has 0 spiro atoms. The number of pyridine rings is 1. The second-order valence-electron chi connectivity index (χ2n) is 3.14. The van der Waals surface area contributed by atoms with Crippen LogP contribution in [0.15, 0.2) is 30.6 Å². The second-order valence-corrected chi connectivity index (χ2v) is 3.14. The van der Waals surface area contributed by atoms with E-state index in [9.17, 15) is 4.79 Å². The molecule has 1 N–H and O–H groups in total. The van der Waals surface area contributed by atoms with Crippen LogP contribution in [0.2, 0.25) is 0 Å². The first kappa shape index (κ1) is 12.9. The molecule has 0 fully saturated rings. The summed E-state index contributed by atoms with van der Waals surface area (Å²) >= 11 is 0. The van der Waals surface area contributed by atoms with Crippen LogP contribution in [-0.2, 0) is 0 Å². The largest absolute Gasteiger partial charge is 0.476 e. The van der Waals surface area contributed by atoms with Gasteiger partial charge >= 0.3 is 5.97 Å². The summed E-state index contributed by atoms with van der Waals surface area (Å²) in [4.78, 5) is 14.7. The van der Waals surface area contributed by atoms with E-state index in [1.807, 2.05) is 32.9 Å². The molecule has 0 amide bonds. The van der Waals surface area contributed by atoms with Crippen LogP contribution in [0.25, 0.3) is 5.82 Å². The summed E-state index contributed by atoms with van der Waals surface area (Å²) in [7, 11) is 0. The Kier molecular flexibility index (Phi) is 4.39. The lowest BCUT2D eigenvalue weighted by molar-refractivity contribution is 0.0690. The predicted molar refractivity (Wildman–Crippen MR) is 64.4 cm³/mol. The number of aryl methyl sites for hydroxylation is 1. The molecule has 0 bridgehead atoms. The molecule has 0 saturated heterocycles. The standard InChI is InChI=1S/C10H9N3O2.C2H6/c1-7-2-4-11-9(6-7)13-5-3-8(12-13)10(14)15;1-2/h2-6H,1H3,(H,14,15);1-2H3. The first-order valence-corrected chi connectivity index (χ1v) is 5.39. The molecule has 17 heavy (non-hydrogen) atoms. The highest BCUT2D eigenvalue weighted by Crippen LogP contribution is 2.06. The Balaban J connectivity index is 0.000000686. The van der Waals surface area contributed by atoms with Crippen LogP contribution < -0.4 is 0 Å². The van der Waals surface area contributed by atoms with Crippen LogP contribution in [0.1, 0.15) is 29.9 Å². The zero-order chi connectivity index (χ0) is 12.8. The van der Waals surface area contributed by atoms with Crippen LogP contribution in [0.5, 0.6) is 0 Å². The van der Waals surface area contributed by atoms with Crippen molar-refractivity contribution in [2.75, 3.05) is 0 Å². The molecule has 90 valence electrons. The Bertz CT molecular complexity index is 506. The van der Waals surface area contributed by atoms with Crippen molar-refractivity contribution >= 4 is 5.97 Å². The van der Waals surface area contributed by atoms with Crippen molar-refractivity contribution in [3.05, 3.63) is 41.9 Å². The molecule has 0 aliphatic heterocycles. The van der Waals surface area contributed by atoms with Crippen molar-refractivity contribution in [2.24, 2.45) is 0 Å². The van der Waals surface area contributed by atoms with Gasteiger partial charge < -0.3 is 5.11 Å². The van der Waals surface area contributed by atoms with Crippen molar-refractivity contribution in [3.8, 4) is 5.82 Å². The normalized spacial score (nSPS) is 9.35. The second kappa shape index (κ2) is 5.79. The number of rotatable bonds is 2. The first-order valence-electron chi connectivity index (χ1n) is 5.39. The lowest BCUT2D eigenvalue weighted by Gasteiger charge is -1.99. The van der Waals surface area contributed by atoms with Crippen LogP contribution in [0.4, 0.5) is 0 Å². The van der Waals surface area contributed by atoms with E-state index in [0.29, 0.717) is 5.82 Å². The molecular weight excluding hydrogens is 218 g/mol. The fraction of sp³-hybridized carbons (Fsp3) is 0.250. The molecule has 0 aromatic carbocycles. The number of hydrogen-bond donors (Lipinski definition) is 1. The van der Waals surface area contributed by atoms with Crippen molar-refractivity contribution in [1.29, 1.82) is 0 Å². The molecule has 5 heteroatoms. The Hall–Kier alpha value is -2.17. The number of carbonyl (C=O) groups is 1. The maximum atomic E-state index is 10.6. The van der Waals surface area contributed by atoms with Gasteiger partial charge in [0.25, 0.3) is 0 Å². The van der Waals surface area contributed by atoms with Crippen molar-refractivity contribution in [3.63, 3.8) is 0 Å². The monoisotopic (exact) mass is 233 g/mol. The van der Waals surface area contributed by atoms with Gasteiger partial charge in [0.15, 0.2) is 11.5 Å². The van der Waals surface area contributed by atoms with Crippen LogP contribution in [-0.4, -0.2) is 25.8 Å². The number of carboxylic acid groups (broad SMARTS) is 1. The number of aromatic carboxylic acids is 1. The molecule has 0 aliphatic carbocycles. The van der Waals surface area contributed by atoms with Gasteiger partial charge in [-0.3, -0.25) is 0 Å². The number of nitrogens with zero attached hydrogens (tertiary/aromatic N) is 3. The highest BCUT2D eigenvalue weighted by Gasteiger charge is 2.07. The molecule has 0 radical (unpaired) electrons. The van der Waals surface area contributed by atoms with Crippen LogP contribution in [0.3, 0.4) is 0 Å². The minimum atomic E-state index is -1.04.